The van der Waals surface area contributed by atoms with Gasteiger partial charge in [0.1, 0.15) is 0 Å². The molecule has 0 heterocycles. The van der Waals surface area contributed by atoms with Crippen LogP contribution in [0.1, 0.15) is 19.8 Å². The Balaban J connectivity index is 3.16. The first-order valence-electron chi connectivity index (χ1n) is 3.03. The summed E-state index contributed by atoms with van der Waals surface area (Å²) in [5.74, 6) is -1.56. The molecule has 0 spiro atoms. The molecular weight excluding hydrogens is 142 g/mol. The van der Waals surface area contributed by atoms with Crippen molar-refractivity contribution in [3.8, 4) is 0 Å². The van der Waals surface area contributed by atoms with Gasteiger partial charge >= 0.3 is 0 Å². The fourth-order valence-corrected chi connectivity index (χ4v) is 1.38. The van der Waals surface area contributed by atoms with Gasteiger partial charge in [-0.1, -0.05) is 13.3 Å². The smallest absolute Gasteiger partial charge is 0.200 e. The highest BCUT2D eigenvalue weighted by atomic mass is 32.2. The normalized spacial score (nSPS) is 16.3. The van der Waals surface area contributed by atoms with Gasteiger partial charge in [0.05, 0.1) is 0 Å². The van der Waals surface area contributed by atoms with Gasteiger partial charge in [0.2, 0.25) is 0 Å². The SMILES string of the molecule is [CH2][SH](CCCC)C(F)F. The molecule has 0 saturated heterocycles. The highest BCUT2D eigenvalue weighted by Gasteiger charge is 2.07. The van der Waals surface area contributed by atoms with Gasteiger partial charge in [0.25, 0.3) is 5.76 Å². The topological polar surface area (TPSA) is 0 Å². The summed E-state index contributed by atoms with van der Waals surface area (Å²) in [4.78, 5) is 0. The van der Waals surface area contributed by atoms with Gasteiger partial charge in [0.15, 0.2) is 0 Å². The molecule has 0 aliphatic carbocycles. The van der Waals surface area contributed by atoms with E-state index in [0.29, 0.717) is 5.75 Å². The van der Waals surface area contributed by atoms with E-state index in [1.54, 1.807) is 0 Å². The predicted octanol–water partition coefficient (Wildman–Crippen LogP) is 2.80. The molecule has 1 atom stereocenters. The van der Waals surface area contributed by atoms with Crippen molar-refractivity contribution in [2.24, 2.45) is 0 Å². The van der Waals surface area contributed by atoms with E-state index in [4.69, 9.17) is 0 Å². The average molecular weight is 155 g/mol. The Labute approximate surface area is 58.0 Å². The third kappa shape index (κ3) is 4.70. The van der Waals surface area contributed by atoms with Gasteiger partial charge in [0, 0.05) is 0 Å². The summed E-state index contributed by atoms with van der Waals surface area (Å²) in [5, 5.41) is 0. The van der Waals surface area contributed by atoms with Crippen LogP contribution in [-0.2, 0) is 0 Å². The van der Waals surface area contributed by atoms with Crippen molar-refractivity contribution in [3.05, 3.63) is 6.26 Å². The maximum absolute atomic E-state index is 11.7. The Morgan fingerprint density at radius 3 is 2.44 bits per heavy atom. The minimum atomic E-state index is -2.17. The number of hydrogen-bond donors (Lipinski definition) is 1. The lowest BCUT2D eigenvalue weighted by Gasteiger charge is -2.12. The third-order valence-electron chi connectivity index (χ3n) is 1.07. The number of halogens is 2. The van der Waals surface area contributed by atoms with Crippen LogP contribution in [0.3, 0.4) is 0 Å². The summed E-state index contributed by atoms with van der Waals surface area (Å²) in [6.07, 6.45) is 5.27. The molecule has 0 fully saturated rings. The Morgan fingerprint density at radius 2 is 2.11 bits per heavy atom. The zero-order chi connectivity index (χ0) is 7.28. The standard InChI is InChI=1S/C6H13F2S/c1-3-4-5-9(2)6(7)8/h6,9H,2-5H2,1H3. The highest BCUT2D eigenvalue weighted by molar-refractivity contribution is 8.18. The maximum Gasteiger partial charge on any atom is 0.267 e. The fourth-order valence-electron chi connectivity index (χ4n) is 0.459. The summed E-state index contributed by atoms with van der Waals surface area (Å²) in [7, 11) is -1.23. The van der Waals surface area contributed by atoms with Gasteiger partial charge in [-0.2, -0.15) is 19.7 Å². The number of alkyl halides is 2. The summed E-state index contributed by atoms with van der Waals surface area (Å²) >= 11 is 0. The molecule has 0 nitrogen and oxygen atoms in total. The van der Waals surface area contributed by atoms with Gasteiger partial charge < -0.3 is 0 Å². The first-order chi connectivity index (χ1) is 4.18. The zero-order valence-electron chi connectivity index (χ0n) is 5.61. The zero-order valence-corrected chi connectivity index (χ0v) is 6.50. The molecule has 0 aliphatic heterocycles. The van der Waals surface area contributed by atoms with E-state index in [-0.39, 0.29) is 0 Å². The fraction of sp³-hybridized carbons (Fsp3) is 0.833. The van der Waals surface area contributed by atoms with E-state index < -0.39 is 16.7 Å². The second kappa shape index (κ2) is 5.03. The average Bonchev–Trinajstić information content (AvgIpc) is 1.82. The van der Waals surface area contributed by atoms with Crippen molar-refractivity contribution in [3.63, 3.8) is 0 Å². The molecule has 0 saturated carbocycles. The van der Waals surface area contributed by atoms with E-state index in [1.165, 1.54) is 0 Å². The molecule has 0 N–H and O–H groups in total. The molecule has 0 aromatic heterocycles. The van der Waals surface area contributed by atoms with E-state index in [0.717, 1.165) is 12.8 Å². The molecule has 0 aromatic carbocycles. The highest BCUT2D eigenvalue weighted by Crippen LogP contribution is 2.32. The van der Waals surface area contributed by atoms with Gasteiger partial charge in [-0.3, -0.25) is 0 Å². The van der Waals surface area contributed by atoms with Crippen LogP contribution in [0.5, 0.6) is 0 Å². The largest absolute Gasteiger partial charge is 0.267 e. The van der Waals surface area contributed by atoms with Crippen molar-refractivity contribution in [2.45, 2.75) is 25.5 Å². The van der Waals surface area contributed by atoms with E-state index >= 15 is 0 Å². The number of rotatable bonds is 4. The number of thiol groups is 1. The molecule has 9 heavy (non-hydrogen) atoms. The van der Waals surface area contributed by atoms with Gasteiger partial charge in [-0.25, -0.2) is 0 Å². The van der Waals surface area contributed by atoms with Gasteiger partial charge in [-0.05, 0) is 18.4 Å². The van der Waals surface area contributed by atoms with Crippen LogP contribution in [0.4, 0.5) is 8.78 Å². The Kier molecular flexibility index (Phi) is 5.15. The first-order valence-corrected chi connectivity index (χ1v) is 4.82. The molecule has 0 aliphatic rings. The number of unbranched alkanes of at least 4 members (excludes halogenated alkanes) is 1. The minimum absolute atomic E-state index is 0.615. The molecule has 1 radical (unpaired) electrons. The molecule has 0 amide bonds. The quantitative estimate of drug-likeness (QED) is 0.593. The lowest BCUT2D eigenvalue weighted by atomic mass is 10.4. The number of hydrogen-bond acceptors (Lipinski definition) is 0. The molecule has 0 rings (SSSR count). The summed E-state index contributed by atoms with van der Waals surface area (Å²) in [6.45, 7) is 1.99. The van der Waals surface area contributed by atoms with Crippen LogP contribution in [-0.4, -0.2) is 11.5 Å². The van der Waals surface area contributed by atoms with Crippen LogP contribution in [0, 0.1) is 6.26 Å². The van der Waals surface area contributed by atoms with Gasteiger partial charge in [-0.15, -0.1) is 0 Å². The summed E-state index contributed by atoms with van der Waals surface area (Å²) in [5.41, 5.74) is 0. The molecule has 3 heteroatoms. The molecule has 57 valence electrons. The van der Waals surface area contributed by atoms with Crippen molar-refractivity contribution >= 4 is 10.9 Å². The third-order valence-corrected chi connectivity index (χ3v) is 2.52. The van der Waals surface area contributed by atoms with Crippen molar-refractivity contribution in [1.29, 1.82) is 0 Å². The van der Waals surface area contributed by atoms with Crippen LogP contribution in [0.15, 0.2) is 0 Å². The lowest BCUT2D eigenvalue weighted by Crippen LogP contribution is -1.94. The van der Waals surface area contributed by atoms with Crippen LogP contribution in [0.2, 0.25) is 0 Å². The molecule has 0 aromatic rings. The second-order valence-electron chi connectivity index (χ2n) is 1.94. The lowest BCUT2D eigenvalue weighted by molar-refractivity contribution is 0.250. The Hall–Kier alpha value is 0.210. The van der Waals surface area contributed by atoms with E-state index in [9.17, 15) is 8.78 Å². The predicted molar refractivity (Wildman–Crippen MR) is 40.1 cm³/mol. The van der Waals surface area contributed by atoms with Crippen LogP contribution in [0.25, 0.3) is 0 Å². The van der Waals surface area contributed by atoms with Crippen molar-refractivity contribution in [2.75, 3.05) is 5.75 Å². The van der Waals surface area contributed by atoms with Crippen molar-refractivity contribution in [1.82, 2.24) is 0 Å². The Bertz CT molecular complexity index is 66.1. The molecular formula is C6H13F2S. The second-order valence-corrected chi connectivity index (χ2v) is 3.96. The summed E-state index contributed by atoms with van der Waals surface area (Å²) < 4.78 is 23.4. The summed E-state index contributed by atoms with van der Waals surface area (Å²) in [6, 6.07) is 0. The van der Waals surface area contributed by atoms with E-state index in [2.05, 4.69) is 6.26 Å². The first kappa shape index (κ1) is 9.21. The monoisotopic (exact) mass is 155 g/mol. The molecule has 0 bridgehead atoms. The van der Waals surface area contributed by atoms with Crippen molar-refractivity contribution < 1.29 is 8.78 Å². The molecule has 1 unspecified atom stereocenters. The van der Waals surface area contributed by atoms with Crippen LogP contribution < -0.4 is 0 Å². The van der Waals surface area contributed by atoms with E-state index in [1.807, 2.05) is 6.92 Å². The Morgan fingerprint density at radius 1 is 1.56 bits per heavy atom. The minimum Gasteiger partial charge on any atom is -0.200 e. The maximum atomic E-state index is 11.7. The van der Waals surface area contributed by atoms with Crippen LogP contribution >= 0.6 is 10.9 Å².